The van der Waals surface area contributed by atoms with Gasteiger partial charge in [-0.25, -0.2) is 14.4 Å². The number of alkyl halides is 3. The topological polar surface area (TPSA) is 146 Å². The van der Waals surface area contributed by atoms with E-state index in [1.54, 1.807) is 90.7 Å². The molecule has 16 heteroatoms. The molecule has 0 unspecified atom stereocenters. The van der Waals surface area contributed by atoms with Crippen LogP contribution in [0.15, 0.2) is 71.4 Å². The van der Waals surface area contributed by atoms with Crippen molar-refractivity contribution in [3.8, 4) is 20.9 Å². The third kappa shape index (κ3) is 16.4. The molecule has 0 aliphatic rings. The molecule has 4 rings (SSSR count). The predicted molar refractivity (Wildman–Crippen MR) is 203 cm³/mol. The summed E-state index contributed by atoms with van der Waals surface area (Å²) >= 11 is 3.25. The number of ether oxygens (including phenoxy) is 1. The van der Waals surface area contributed by atoms with Crippen molar-refractivity contribution in [2.45, 2.75) is 46.4 Å². The highest BCUT2D eigenvalue weighted by Gasteiger charge is 2.25. The molecule has 2 heterocycles. The van der Waals surface area contributed by atoms with Gasteiger partial charge in [0.2, 0.25) is 6.29 Å². The second kappa shape index (κ2) is 20.6. The van der Waals surface area contributed by atoms with E-state index in [0.29, 0.717) is 29.6 Å². The Kier molecular flexibility index (Phi) is 17.0. The first-order valence-electron chi connectivity index (χ1n) is 15.8. The number of carbonyl (C=O) groups is 4. The number of nitrogen functional groups attached to an aromatic ring is 1. The van der Waals surface area contributed by atoms with Gasteiger partial charge in [-0.1, -0.05) is 38.1 Å². The van der Waals surface area contributed by atoms with Crippen molar-refractivity contribution in [3.05, 3.63) is 71.4 Å². The number of anilines is 4. The van der Waals surface area contributed by atoms with Crippen molar-refractivity contribution in [2.24, 2.45) is 0 Å². The molecule has 5 N–H and O–H groups in total. The summed E-state index contributed by atoms with van der Waals surface area (Å²) < 4.78 is 42.7. The zero-order valence-electron chi connectivity index (χ0n) is 30.7. The van der Waals surface area contributed by atoms with Crippen LogP contribution in [-0.4, -0.2) is 74.2 Å². The van der Waals surface area contributed by atoms with Crippen LogP contribution in [0.25, 0.3) is 20.9 Å². The molecule has 0 radical (unpaired) electrons. The van der Waals surface area contributed by atoms with Gasteiger partial charge >= 0.3 is 24.3 Å². The summed E-state index contributed by atoms with van der Waals surface area (Å²) in [4.78, 5) is 49.6. The van der Waals surface area contributed by atoms with E-state index in [9.17, 15) is 27.6 Å². The Morgan fingerprint density at radius 2 is 1.22 bits per heavy atom. The standard InChI is InChI=1S/C18H23N3O3S.C13H15N3OS.C2HF3O.C2H6/c1-18(2,3)24-17(23)20-13-9-8-12(15-7-6-10-25-15)11-14(13)19-16(22)21(4)5;1-16(2)13(17)15-11-8-9(5-6-10(11)14)12-4-3-7-18-12;3-2(4,5)1-6;1-2/h6-11H,1-5H3,(H,19,22)(H,20,23);3-8H,14H2,1-2H3,(H,15,17);1H;1-2H3/i;;;1D. The number of urea groups is 2. The van der Waals surface area contributed by atoms with Crippen LogP contribution in [0.2, 0.25) is 0 Å². The zero-order valence-corrected chi connectivity index (χ0v) is 31.3. The highest BCUT2D eigenvalue weighted by Crippen LogP contribution is 2.32. The van der Waals surface area contributed by atoms with E-state index >= 15 is 0 Å². The number of amides is 5. The third-order valence-corrected chi connectivity index (χ3v) is 7.59. The Morgan fingerprint density at radius 3 is 1.61 bits per heavy atom. The van der Waals surface area contributed by atoms with Crippen molar-refractivity contribution < 1.29 is 38.5 Å². The van der Waals surface area contributed by atoms with Gasteiger partial charge in [-0.2, -0.15) is 13.2 Å². The van der Waals surface area contributed by atoms with Crippen molar-refractivity contribution >= 4 is 69.9 Å². The van der Waals surface area contributed by atoms with Gasteiger partial charge in [0.05, 0.1) is 22.7 Å². The third-order valence-electron chi connectivity index (χ3n) is 5.75. The molecule has 0 spiro atoms. The summed E-state index contributed by atoms with van der Waals surface area (Å²) in [5.74, 6) is 0. The van der Waals surface area contributed by atoms with Crippen LogP contribution in [0.5, 0.6) is 0 Å². The van der Waals surface area contributed by atoms with Gasteiger partial charge in [0.25, 0.3) is 0 Å². The van der Waals surface area contributed by atoms with Crippen LogP contribution >= 0.6 is 22.7 Å². The number of nitrogens with zero attached hydrogens (tertiary/aromatic N) is 2. The van der Waals surface area contributed by atoms with E-state index in [4.69, 9.17) is 16.6 Å². The summed E-state index contributed by atoms with van der Waals surface area (Å²) in [6.45, 7) is 7.67. The van der Waals surface area contributed by atoms with E-state index in [2.05, 4.69) is 16.0 Å². The molecule has 0 fully saturated rings. The summed E-state index contributed by atoms with van der Waals surface area (Å²) in [5, 5.41) is 12.3. The molecule has 11 nitrogen and oxygen atoms in total. The fraction of sp³-hybridized carbons (Fsp3) is 0.314. The summed E-state index contributed by atoms with van der Waals surface area (Å²) in [7, 11) is 6.68. The van der Waals surface area contributed by atoms with E-state index in [1.807, 2.05) is 59.3 Å². The molecule has 51 heavy (non-hydrogen) atoms. The predicted octanol–water partition coefficient (Wildman–Crippen LogP) is 9.72. The minimum atomic E-state index is -4.64. The van der Waals surface area contributed by atoms with Crippen LogP contribution in [0.4, 0.5) is 50.3 Å². The van der Waals surface area contributed by atoms with Gasteiger partial charge in [0, 0.05) is 39.3 Å². The Balaban J connectivity index is 0.000000435. The van der Waals surface area contributed by atoms with Gasteiger partial charge < -0.3 is 30.9 Å². The van der Waals surface area contributed by atoms with Crippen molar-refractivity contribution in [3.63, 3.8) is 0 Å². The van der Waals surface area contributed by atoms with Crippen molar-refractivity contribution in [2.75, 3.05) is 49.9 Å². The van der Waals surface area contributed by atoms with E-state index in [1.165, 1.54) is 9.80 Å². The minimum Gasteiger partial charge on any atom is -0.444 e. The molecule has 2 aromatic carbocycles. The molecule has 278 valence electrons. The van der Waals surface area contributed by atoms with Gasteiger partial charge in [0.1, 0.15) is 5.60 Å². The smallest absolute Gasteiger partial charge is 0.444 e. The number of benzene rings is 2. The Bertz CT molecular complexity index is 1710. The lowest BCUT2D eigenvalue weighted by Gasteiger charge is -2.21. The summed E-state index contributed by atoms with van der Waals surface area (Å²) in [6, 6.07) is 18.6. The normalized spacial score (nSPS) is 10.6. The average Bonchev–Trinajstić information content (AvgIpc) is 3.78. The molecule has 0 saturated carbocycles. The number of thiophene rings is 2. The minimum absolute atomic E-state index is 0.190. The maximum absolute atomic E-state index is 12.1. The molecule has 0 aliphatic heterocycles. The summed E-state index contributed by atoms with van der Waals surface area (Å²) in [6.07, 6.45) is -6.27. The molecule has 0 atom stereocenters. The molecule has 0 bridgehead atoms. The fourth-order valence-electron chi connectivity index (χ4n) is 3.48. The molecule has 0 saturated heterocycles. The fourth-order valence-corrected chi connectivity index (χ4v) is 4.93. The first kappa shape index (κ1) is 42.1. The maximum atomic E-state index is 12.1. The first-order valence-corrected chi connectivity index (χ1v) is 16.9. The van der Waals surface area contributed by atoms with Gasteiger partial charge in [0.15, 0.2) is 0 Å². The van der Waals surface area contributed by atoms with Crippen molar-refractivity contribution in [1.29, 1.82) is 0 Å². The largest absolute Gasteiger partial charge is 0.446 e. The van der Waals surface area contributed by atoms with Crippen LogP contribution in [0.1, 0.15) is 36.0 Å². The number of nitrogens with two attached hydrogens (primary N) is 1. The highest BCUT2D eigenvalue weighted by molar-refractivity contribution is 7.13. The Morgan fingerprint density at radius 1 is 0.784 bits per heavy atom. The lowest BCUT2D eigenvalue weighted by Crippen LogP contribution is -2.29. The van der Waals surface area contributed by atoms with Crippen LogP contribution in [0, 0.1) is 0 Å². The van der Waals surface area contributed by atoms with Crippen LogP contribution in [-0.2, 0) is 9.53 Å². The average molecular weight is 752 g/mol. The van der Waals surface area contributed by atoms with Gasteiger partial charge in [-0.05, 0) is 79.1 Å². The maximum Gasteiger partial charge on any atom is 0.446 e. The zero-order chi connectivity index (χ0) is 39.6. The molecule has 2 aromatic heterocycles. The number of rotatable bonds is 5. The molecule has 5 amide bonds. The molecule has 4 aromatic rings. The molecular weight excluding hydrogens is 706 g/mol. The Hall–Kier alpha value is -5.09. The van der Waals surface area contributed by atoms with Gasteiger partial charge in [-0.15, -0.1) is 22.7 Å². The first-order chi connectivity index (χ1) is 24.2. The van der Waals surface area contributed by atoms with E-state index in [0.717, 1.165) is 20.9 Å². The summed E-state index contributed by atoms with van der Waals surface area (Å²) in [5.41, 5.74) is 9.45. The van der Waals surface area contributed by atoms with Crippen LogP contribution in [0.3, 0.4) is 0 Å². The number of hydrogen-bond acceptors (Lipinski definition) is 8. The number of halogens is 3. The van der Waals surface area contributed by atoms with Gasteiger partial charge in [-0.3, -0.25) is 10.1 Å². The number of carbonyl (C=O) groups excluding carboxylic acids is 4. The highest BCUT2D eigenvalue weighted by atomic mass is 32.1. The lowest BCUT2D eigenvalue weighted by molar-refractivity contribution is -0.156. The number of aldehydes is 1. The second-order valence-electron chi connectivity index (χ2n) is 11.5. The quantitative estimate of drug-likeness (QED) is 0.118. The Labute approximate surface area is 306 Å². The second-order valence-corrected chi connectivity index (χ2v) is 13.3. The van der Waals surface area contributed by atoms with E-state index < -0.39 is 24.2 Å². The molecule has 0 aliphatic carbocycles. The van der Waals surface area contributed by atoms with Crippen molar-refractivity contribution in [1.82, 2.24) is 9.80 Å². The SMILES string of the molecule is CN(C)C(=O)Nc1cc(-c2cccs2)ccc1N.CN(C)C(=O)Nc1cc(-c2cccs2)ccc1NC(=O)OC(C)(C)C.O=CC(F)(F)F.[2H]CC. The number of hydrogen-bond donors (Lipinski definition) is 4. The van der Waals surface area contributed by atoms with E-state index in [-0.39, 0.29) is 12.1 Å². The lowest BCUT2D eigenvalue weighted by atomic mass is 10.1. The number of nitrogens with one attached hydrogen (secondary N) is 3. The van der Waals surface area contributed by atoms with Crippen LogP contribution < -0.4 is 21.7 Å². The monoisotopic (exact) mass is 751 g/mol. The molecular formula is C35H45F3N6O5S2.